The van der Waals surface area contributed by atoms with Crippen LogP contribution < -0.4 is 14.5 Å². The molecule has 0 aliphatic rings. The van der Waals surface area contributed by atoms with E-state index in [2.05, 4.69) is 5.32 Å². The van der Waals surface area contributed by atoms with Crippen LogP contribution >= 0.6 is 11.6 Å². The summed E-state index contributed by atoms with van der Waals surface area (Å²) in [6.45, 7) is 0. The minimum absolute atomic E-state index is 0.0144. The van der Waals surface area contributed by atoms with E-state index in [0.717, 1.165) is 9.99 Å². The van der Waals surface area contributed by atoms with Gasteiger partial charge in [-0.1, -0.05) is 23.7 Å². The molecule has 0 aliphatic heterocycles. The van der Waals surface area contributed by atoms with Gasteiger partial charge in [0.25, 0.3) is 15.9 Å². The molecule has 3 aromatic rings. The van der Waals surface area contributed by atoms with Crippen molar-refractivity contribution in [3.05, 3.63) is 83.4 Å². The van der Waals surface area contributed by atoms with Crippen molar-refractivity contribution in [2.24, 2.45) is 0 Å². The second kappa shape index (κ2) is 8.77. The maximum atomic E-state index is 13.0. The average Bonchev–Trinajstić information content (AvgIpc) is 2.73. The molecular weight excluding hydrogens is 422 g/mol. The van der Waals surface area contributed by atoms with Gasteiger partial charge in [0, 0.05) is 43.1 Å². The molecule has 6 nitrogen and oxygen atoms in total. The first-order chi connectivity index (χ1) is 14.2. The van der Waals surface area contributed by atoms with Gasteiger partial charge in [-0.3, -0.25) is 9.10 Å². The van der Waals surface area contributed by atoms with Gasteiger partial charge in [-0.25, -0.2) is 8.42 Å². The second-order valence-electron chi connectivity index (χ2n) is 6.88. The molecule has 0 unspecified atom stereocenters. The number of rotatable bonds is 6. The summed E-state index contributed by atoms with van der Waals surface area (Å²) in [7, 11) is 1.44. The van der Waals surface area contributed by atoms with Gasteiger partial charge in [0.2, 0.25) is 0 Å². The highest BCUT2D eigenvalue weighted by molar-refractivity contribution is 7.92. The van der Waals surface area contributed by atoms with Crippen LogP contribution in [0.2, 0.25) is 5.02 Å². The monoisotopic (exact) mass is 443 g/mol. The van der Waals surface area contributed by atoms with Gasteiger partial charge in [-0.2, -0.15) is 0 Å². The molecule has 0 bridgehead atoms. The highest BCUT2D eigenvalue weighted by atomic mass is 35.5. The minimum atomic E-state index is -3.86. The van der Waals surface area contributed by atoms with E-state index in [1.54, 1.807) is 48.5 Å². The van der Waals surface area contributed by atoms with Crippen LogP contribution in [-0.2, 0) is 10.0 Å². The zero-order valence-electron chi connectivity index (χ0n) is 16.8. The largest absolute Gasteiger partial charge is 0.378 e. The quantitative estimate of drug-likeness (QED) is 0.609. The lowest BCUT2D eigenvalue weighted by Gasteiger charge is -2.20. The standard InChI is InChI=1S/C22H22ClN3O3S/c1-25(2)19-12-10-18(11-13-19)24-22(27)16-6-4-9-21(14-16)30(28,29)26(3)20-8-5-7-17(23)15-20/h4-15H,1-3H3,(H,24,27). The second-order valence-corrected chi connectivity index (χ2v) is 9.28. The molecule has 3 aromatic carbocycles. The smallest absolute Gasteiger partial charge is 0.264 e. The number of hydrogen-bond donors (Lipinski definition) is 1. The normalized spacial score (nSPS) is 11.1. The number of carbonyl (C=O) groups excluding carboxylic acids is 1. The lowest BCUT2D eigenvalue weighted by Crippen LogP contribution is -2.26. The van der Waals surface area contributed by atoms with Gasteiger partial charge in [0.15, 0.2) is 0 Å². The summed E-state index contributed by atoms with van der Waals surface area (Å²) in [6, 6.07) is 19.8. The molecule has 1 N–H and O–H groups in total. The van der Waals surface area contributed by atoms with Crippen molar-refractivity contribution in [3.63, 3.8) is 0 Å². The Hall–Kier alpha value is -3.03. The predicted octanol–water partition coefficient (Wildman–Crippen LogP) is 4.48. The molecule has 1 amide bonds. The first-order valence-electron chi connectivity index (χ1n) is 9.12. The summed E-state index contributed by atoms with van der Waals surface area (Å²) in [4.78, 5) is 14.6. The number of hydrogen-bond acceptors (Lipinski definition) is 4. The van der Waals surface area contributed by atoms with Crippen LogP contribution in [0.25, 0.3) is 0 Å². The number of benzene rings is 3. The van der Waals surface area contributed by atoms with Crippen molar-refractivity contribution >= 4 is 44.6 Å². The molecule has 0 fully saturated rings. The fraction of sp³-hybridized carbons (Fsp3) is 0.136. The van der Waals surface area contributed by atoms with Gasteiger partial charge in [-0.05, 0) is 60.7 Å². The Morgan fingerprint density at radius 1 is 0.867 bits per heavy atom. The van der Waals surface area contributed by atoms with Crippen LogP contribution in [0, 0.1) is 0 Å². The maximum Gasteiger partial charge on any atom is 0.264 e. The Morgan fingerprint density at radius 2 is 1.53 bits per heavy atom. The number of amides is 1. The van der Waals surface area contributed by atoms with Crippen molar-refractivity contribution in [1.29, 1.82) is 0 Å². The molecule has 0 spiro atoms. The van der Waals surface area contributed by atoms with Crippen LogP contribution in [0.4, 0.5) is 17.1 Å². The molecule has 0 atom stereocenters. The minimum Gasteiger partial charge on any atom is -0.378 e. The lowest BCUT2D eigenvalue weighted by atomic mass is 10.2. The Balaban J connectivity index is 1.83. The fourth-order valence-corrected chi connectivity index (χ4v) is 4.23. The number of carbonyl (C=O) groups is 1. The first-order valence-corrected chi connectivity index (χ1v) is 10.9. The summed E-state index contributed by atoms with van der Waals surface area (Å²) in [5.41, 5.74) is 2.30. The lowest BCUT2D eigenvalue weighted by molar-refractivity contribution is 0.102. The molecule has 0 aromatic heterocycles. The number of halogens is 1. The molecule has 0 heterocycles. The summed E-state index contributed by atoms with van der Waals surface area (Å²) in [6.07, 6.45) is 0. The summed E-state index contributed by atoms with van der Waals surface area (Å²) >= 11 is 5.98. The topological polar surface area (TPSA) is 69.7 Å². The average molecular weight is 444 g/mol. The van der Waals surface area contributed by atoms with Gasteiger partial charge in [0.1, 0.15) is 0 Å². The van der Waals surface area contributed by atoms with E-state index >= 15 is 0 Å². The molecule has 8 heteroatoms. The van der Waals surface area contributed by atoms with Crippen LogP contribution in [0.3, 0.4) is 0 Å². The van der Waals surface area contributed by atoms with Crippen molar-refractivity contribution < 1.29 is 13.2 Å². The highest BCUT2D eigenvalue weighted by Crippen LogP contribution is 2.25. The van der Waals surface area contributed by atoms with Crippen LogP contribution in [0.15, 0.2) is 77.7 Å². The van der Waals surface area contributed by atoms with E-state index < -0.39 is 15.9 Å². The molecule has 0 saturated heterocycles. The Bertz CT molecular complexity index is 1160. The third-order valence-electron chi connectivity index (χ3n) is 4.57. The van der Waals surface area contributed by atoms with Crippen LogP contribution in [0.5, 0.6) is 0 Å². The van der Waals surface area contributed by atoms with Crippen molar-refractivity contribution in [2.75, 3.05) is 35.7 Å². The SMILES string of the molecule is CN(C)c1ccc(NC(=O)c2cccc(S(=O)(=O)N(C)c3cccc(Cl)c3)c2)cc1. The van der Waals surface area contributed by atoms with E-state index in [9.17, 15) is 13.2 Å². The van der Waals surface area contributed by atoms with Crippen molar-refractivity contribution in [2.45, 2.75) is 4.90 Å². The number of anilines is 3. The predicted molar refractivity (Wildman–Crippen MR) is 122 cm³/mol. The Kier molecular flexibility index (Phi) is 6.34. The summed E-state index contributed by atoms with van der Waals surface area (Å²) < 4.78 is 27.2. The van der Waals surface area contributed by atoms with E-state index in [1.165, 1.54) is 19.2 Å². The first kappa shape index (κ1) is 21.7. The number of nitrogens with one attached hydrogen (secondary N) is 1. The van der Waals surface area contributed by atoms with Crippen molar-refractivity contribution in [3.8, 4) is 0 Å². The summed E-state index contributed by atoms with van der Waals surface area (Å²) in [5.74, 6) is -0.393. The zero-order chi connectivity index (χ0) is 21.9. The molecule has 0 aliphatic carbocycles. The third-order valence-corrected chi connectivity index (χ3v) is 6.58. The summed E-state index contributed by atoms with van der Waals surface area (Å²) in [5, 5.41) is 3.22. The molecule has 3 rings (SSSR count). The van der Waals surface area contributed by atoms with Crippen LogP contribution in [-0.4, -0.2) is 35.5 Å². The third kappa shape index (κ3) is 4.75. The van der Waals surface area contributed by atoms with Crippen molar-refractivity contribution in [1.82, 2.24) is 0 Å². The van der Waals surface area contributed by atoms with Gasteiger partial charge in [0.05, 0.1) is 10.6 Å². The van der Waals surface area contributed by atoms with E-state index in [-0.39, 0.29) is 10.5 Å². The van der Waals surface area contributed by atoms with E-state index in [1.807, 2.05) is 31.1 Å². The Labute approximate surface area is 181 Å². The van der Waals surface area contributed by atoms with Crippen LogP contribution in [0.1, 0.15) is 10.4 Å². The fourth-order valence-electron chi connectivity index (χ4n) is 2.81. The van der Waals surface area contributed by atoms with E-state index in [4.69, 9.17) is 11.6 Å². The van der Waals surface area contributed by atoms with Gasteiger partial charge in [-0.15, -0.1) is 0 Å². The van der Waals surface area contributed by atoms with E-state index in [0.29, 0.717) is 16.4 Å². The number of sulfonamides is 1. The highest BCUT2D eigenvalue weighted by Gasteiger charge is 2.22. The molecular formula is C22H22ClN3O3S. The zero-order valence-corrected chi connectivity index (χ0v) is 18.4. The molecule has 156 valence electrons. The number of nitrogens with zero attached hydrogens (tertiary/aromatic N) is 2. The molecule has 0 radical (unpaired) electrons. The van der Waals surface area contributed by atoms with Gasteiger partial charge < -0.3 is 10.2 Å². The molecule has 0 saturated carbocycles. The van der Waals surface area contributed by atoms with Gasteiger partial charge >= 0.3 is 0 Å². The molecule has 30 heavy (non-hydrogen) atoms. The maximum absolute atomic E-state index is 13.0. The Morgan fingerprint density at radius 3 is 2.17 bits per heavy atom.